The number of nitrogens with one attached hydrogen (secondary N) is 1. The van der Waals surface area contributed by atoms with E-state index in [1.165, 1.54) is 31.6 Å². The molecule has 3 aromatic rings. The molecule has 1 aromatic carbocycles. The molecule has 2 aliphatic heterocycles. The smallest absolute Gasteiger partial charge is 0.335 e. The van der Waals surface area contributed by atoms with Gasteiger partial charge in [0.25, 0.3) is 5.91 Å². The molecule has 2 aliphatic rings. The number of nitrogens with zero attached hydrogens (tertiary/aromatic N) is 4. The topological polar surface area (TPSA) is 165 Å². The molecular formula is C30H46N6O7Si2. The summed E-state index contributed by atoms with van der Waals surface area (Å²) in [6.07, 6.45) is 1.03. The van der Waals surface area contributed by atoms with E-state index >= 15 is 0 Å². The largest absolute Gasteiger partial charge is 0.504 e. The number of imidazole rings is 1. The van der Waals surface area contributed by atoms with Gasteiger partial charge in [0.15, 0.2) is 29.2 Å². The quantitative estimate of drug-likeness (QED) is 0.285. The highest BCUT2D eigenvalue weighted by Crippen LogP contribution is 2.48. The Morgan fingerprint density at radius 2 is 1.71 bits per heavy atom. The molecule has 15 heteroatoms. The molecule has 0 unspecified atom stereocenters. The number of benzene rings is 1. The van der Waals surface area contributed by atoms with Crippen molar-refractivity contribution < 1.29 is 32.3 Å². The van der Waals surface area contributed by atoms with Gasteiger partial charge in [0.05, 0.1) is 20.0 Å². The molecule has 0 radical (unpaired) electrons. The Bertz CT molecular complexity index is 1520. The molecule has 0 spiro atoms. The molecule has 0 saturated carbocycles. The number of carbonyl (C=O) groups excluding carboxylic acids is 1. The maximum absolute atomic E-state index is 13.9. The summed E-state index contributed by atoms with van der Waals surface area (Å²) in [6, 6.07) is 3.74. The van der Waals surface area contributed by atoms with Gasteiger partial charge in [-0.05, 0) is 40.4 Å². The van der Waals surface area contributed by atoms with E-state index in [4.69, 9.17) is 28.2 Å². The number of fused-ring (bicyclic) bond motifs is 2. The Kier molecular flexibility index (Phi) is 9.32. The molecular weight excluding hydrogens is 613 g/mol. The van der Waals surface area contributed by atoms with Crippen LogP contribution in [-0.2, 0) is 17.7 Å². The van der Waals surface area contributed by atoms with Crippen LogP contribution in [0, 0.1) is 0 Å². The molecule has 246 valence electrons. The Hall–Kier alpha value is -3.09. The van der Waals surface area contributed by atoms with E-state index in [0.29, 0.717) is 16.7 Å². The van der Waals surface area contributed by atoms with Gasteiger partial charge >= 0.3 is 17.1 Å². The third kappa shape index (κ3) is 5.74. The van der Waals surface area contributed by atoms with Crippen LogP contribution in [0.1, 0.15) is 72.0 Å². The molecule has 4 atom stereocenters. The lowest BCUT2D eigenvalue weighted by atomic mass is 10.1. The number of rotatable bonds is 8. The van der Waals surface area contributed by atoms with E-state index in [1.807, 2.05) is 0 Å². The first-order valence-corrected chi connectivity index (χ1v) is 19.5. The highest BCUT2D eigenvalue weighted by atomic mass is 28.5. The van der Waals surface area contributed by atoms with Crippen LogP contribution in [0.5, 0.6) is 11.5 Å². The third-order valence-electron chi connectivity index (χ3n) is 9.07. The number of hydrogen-bond donors (Lipinski definition) is 3. The highest BCUT2D eigenvalue weighted by molar-refractivity contribution is 6.84. The Morgan fingerprint density at radius 1 is 1.04 bits per heavy atom. The maximum atomic E-state index is 13.9. The molecule has 13 nitrogen and oxygen atoms in total. The van der Waals surface area contributed by atoms with Crippen LogP contribution in [0.3, 0.4) is 0 Å². The number of ether oxygens (including phenoxy) is 2. The second-order valence-corrected chi connectivity index (χ2v) is 21.9. The van der Waals surface area contributed by atoms with Gasteiger partial charge in [-0.2, -0.15) is 0 Å². The van der Waals surface area contributed by atoms with E-state index in [2.05, 4.69) is 75.7 Å². The number of aromatic hydroxyl groups is 1. The van der Waals surface area contributed by atoms with Gasteiger partial charge in [-0.1, -0.05) is 55.4 Å². The van der Waals surface area contributed by atoms with Crippen molar-refractivity contribution in [3.63, 3.8) is 0 Å². The minimum absolute atomic E-state index is 0.0661. The van der Waals surface area contributed by atoms with Crippen molar-refractivity contribution in [3.8, 4) is 11.5 Å². The first kappa shape index (κ1) is 33.3. The van der Waals surface area contributed by atoms with Gasteiger partial charge < -0.3 is 38.6 Å². The minimum Gasteiger partial charge on any atom is -0.504 e. The van der Waals surface area contributed by atoms with Gasteiger partial charge in [-0.3, -0.25) is 9.36 Å². The van der Waals surface area contributed by atoms with Crippen molar-refractivity contribution in [2.24, 2.45) is 0 Å². The lowest BCUT2D eigenvalue weighted by Crippen LogP contribution is -2.66. The number of carbonyl (C=O) groups is 1. The van der Waals surface area contributed by atoms with Crippen LogP contribution in [0.4, 0.5) is 5.82 Å². The van der Waals surface area contributed by atoms with Crippen LogP contribution in [0.2, 0.25) is 22.2 Å². The first-order chi connectivity index (χ1) is 21.3. The molecule has 4 N–H and O–H groups in total. The van der Waals surface area contributed by atoms with E-state index in [9.17, 15) is 9.90 Å². The fourth-order valence-corrected chi connectivity index (χ4v) is 17.9. The normalized spacial score (nSPS) is 24.6. The molecule has 0 bridgehead atoms. The zero-order valence-corrected chi connectivity index (χ0v) is 29.5. The van der Waals surface area contributed by atoms with E-state index in [-0.39, 0.29) is 46.1 Å². The van der Waals surface area contributed by atoms with E-state index in [1.54, 1.807) is 10.9 Å². The Labute approximate surface area is 266 Å². The maximum Gasteiger partial charge on any atom is 0.335 e. The number of anilines is 1. The third-order valence-corrected chi connectivity index (χ3v) is 19.3. The Balaban J connectivity index is 1.64. The predicted molar refractivity (Wildman–Crippen MR) is 173 cm³/mol. The molecule has 2 fully saturated rings. The minimum atomic E-state index is -3.06. The van der Waals surface area contributed by atoms with E-state index < -0.39 is 47.5 Å². The van der Waals surface area contributed by atoms with Crippen molar-refractivity contribution >= 4 is 40.0 Å². The van der Waals surface area contributed by atoms with Crippen molar-refractivity contribution in [1.82, 2.24) is 24.8 Å². The van der Waals surface area contributed by atoms with Crippen molar-refractivity contribution in [2.45, 2.75) is 102 Å². The summed E-state index contributed by atoms with van der Waals surface area (Å²) in [6.45, 7) is 17.5. The number of nitrogen functional groups attached to an aromatic ring is 1. The summed E-state index contributed by atoms with van der Waals surface area (Å²) in [5.74, 6) is -0.0360. The van der Waals surface area contributed by atoms with Crippen LogP contribution >= 0.6 is 0 Å². The van der Waals surface area contributed by atoms with Crippen molar-refractivity contribution in [2.75, 3.05) is 19.5 Å². The van der Waals surface area contributed by atoms with Crippen LogP contribution in [0.15, 0.2) is 30.9 Å². The standard InChI is InChI=1S/C30H46N6O7Si2/c1-16(2)44(17(3)4)40-13-23-26(42-45(43-44,18(5)6)19(7)8)24(35-29(38)20-10-11-21(37)22(12-20)39-9)30(41-23)36-15-34-25-27(31)32-14-33-28(25)36/h10-12,14-19,23-24,26,30,37H,13H2,1-9H3,(H,35,38)(H2,31,32,33)/t23-,24-,26-,30-/m1/s1. The number of phenols is 1. The summed E-state index contributed by atoms with van der Waals surface area (Å²) in [4.78, 5) is 26.9. The van der Waals surface area contributed by atoms with Crippen LogP contribution < -0.4 is 15.8 Å². The number of amides is 1. The SMILES string of the molecule is COc1cc(C(=O)N[C@@H]2[C@@H]3O[Si](C(C)C)(C(C)C)O[Si](C(C)C)(C(C)C)OC[C@H]3O[C@H]2n2cnc3c(N)ncnc32)ccc1O. The number of aromatic nitrogens is 4. The summed E-state index contributed by atoms with van der Waals surface area (Å²) in [7, 11) is -4.45. The van der Waals surface area contributed by atoms with Crippen molar-refractivity contribution in [1.29, 1.82) is 0 Å². The van der Waals surface area contributed by atoms with Gasteiger partial charge in [0.2, 0.25) is 0 Å². The van der Waals surface area contributed by atoms with Gasteiger partial charge in [0, 0.05) is 5.56 Å². The second kappa shape index (κ2) is 12.6. The van der Waals surface area contributed by atoms with Gasteiger partial charge in [0.1, 0.15) is 30.1 Å². The molecule has 4 heterocycles. The molecule has 0 aliphatic carbocycles. The molecule has 2 saturated heterocycles. The monoisotopic (exact) mass is 658 g/mol. The number of hydrogen-bond acceptors (Lipinski definition) is 11. The lowest BCUT2D eigenvalue weighted by molar-refractivity contribution is -0.0547. The van der Waals surface area contributed by atoms with Crippen LogP contribution in [-0.4, -0.2) is 79.6 Å². The lowest BCUT2D eigenvalue weighted by Gasteiger charge is -2.51. The molecule has 1 amide bonds. The highest BCUT2D eigenvalue weighted by Gasteiger charge is 2.62. The summed E-state index contributed by atoms with van der Waals surface area (Å²) in [5, 5.41) is 13.3. The number of methoxy groups -OCH3 is 1. The van der Waals surface area contributed by atoms with Crippen LogP contribution in [0.25, 0.3) is 11.2 Å². The van der Waals surface area contributed by atoms with Crippen molar-refractivity contribution in [3.05, 3.63) is 36.4 Å². The number of phenolic OH excluding ortho intramolecular Hbond substituents is 1. The molecule has 2 aromatic heterocycles. The zero-order chi connectivity index (χ0) is 32.8. The molecule has 45 heavy (non-hydrogen) atoms. The fourth-order valence-electron chi connectivity index (χ4n) is 6.66. The average Bonchev–Trinajstić information content (AvgIpc) is 3.54. The summed E-state index contributed by atoms with van der Waals surface area (Å²) >= 11 is 0. The van der Waals surface area contributed by atoms with Gasteiger partial charge in [-0.25, -0.2) is 15.0 Å². The summed E-state index contributed by atoms with van der Waals surface area (Å²) in [5.41, 5.74) is 7.79. The predicted octanol–water partition coefficient (Wildman–Crippen LogP) is 4.78. The summed E-state index contributed by atoms with van der Waals surface area (Å²) < 4.78 is 35.5. The molecule has 5 rings (SSSR count). The average molecular weight is 659 g/mol. The van der Waals surface area contributed by atoms with E-state index in [0.717, 1.165) is 0 Å². The zero-order valence-electron chi connectivity index (χ0n) is 27.5. The second-order valence-electron chi connectivity index (χ2n) is 13.1. The first-order valence-electron chi connectivity index (χ1n) is 15.5. The Morgan fingerprint density at radius 3 is 2.33 bits per heavy atom. The van der Waals surface area contributed by atoms with Gasteiger partial charge in [-0.15, -0.1) is 0 Å². The number of nitrogens with two attached hydrogens (primary N) is 1. The fraction of sp³-hybridized carbons (Fsp3) is 0.600.